The molecule has 0 aliphatic heterocycles. The summed E-state index contributed by atoms with van der Waals surface area (Å²) >= 11 is 0. The van der Waals surface area contributed by atoms with Crippen LogP contribution in [0.15, 0.2) is 17.7 Å². The van der Waals surface area contributed by atoms with E-state index in [-0.39, 0.29) is 24.3 Å². The lowest BCUT2D eigenvalue weighted by atomic mass is 10.0. The van der Waals surface area contributed by atoms with Crippen molar-refractivity contribution < 1.29 is 19.9 Å². The lowest BCUT2D eigenvalue weighted by Crippen LogP contribution is -2.31. The largest absolute Gasteiger partial charge is 0.504 e. The van der Waals surface area contributed by atoms with Crippen LogP contribution < -0.4 is 0 Å². The van der Waals surface area contributed by atoms with E-state index < -0.39 is 22.1 Å². The first kappa shape index (κ1) is 19.0. The van der Waals surface area contributed by atoms with Crippen molar-refractivity contribution in [2.24, 2.45) is 0 Å². The Hall–Kier alpha value is -3.08. The van der Waals surface area contributed by atoms with Gasteiger partial charge in [-0.05, 0) is 38.0 Å². The van der Waals surface area contributed by atoms with Gasteiger partial charge in [-0.3, -0.25) is 14.9 Å². The smallest absolute Gasteiger partial charge is 0.315 e. The van der Waals surface area contributed by atoms with Crippen molar-refractivity contribution in [1.29, 1.82) is 5.26 Å². The molecule has 0 atom stereocenters. The Balaban J connectivity index is 3.35. The molecule has 0 saturated heterocycles. The van der Waals surface area contributed by atoms with Crippen LogP contribution in [0.4, 0.5) is 5.69 Å². The number of benzene rings is 1. The summed E-state index contributed by atoms with van der Waals surface area (Å²) < 4.78 is 0. The first-order valence-corrected chi connectivity index (χ1v) is 7.42. The molecule has 1 amide bonds. The van der Waals surface area contributed by atoms with Gasteiger partial charge in [-0.15, -0.1) is 0 Å². The number of likely N-dealkylation sites (N-methyl/N-ethyl adjacent to an activating group) is 1. The maximum atomic E-state index is 12.5. The van der Waals surface area contributed by atoms with Crippen molar-refractivity contribution in [3.05, 3.63) is 33.4 Å². The number of hydrogen-bond donors (Lipinski definition) is 2. The lowest BCUT2D eigenvalue weighted by molar-refractivity contribution is -0.386. The molecule has 128 valence electrons. The summed E-state index contributed by atoms with van der Waals surface area (Å²) in [7, 11) is 0. The van der Waals surface area contributed by atoms with E-state index in [4.69, 9.17) is 5.26 Å². The highest BCUT2D eigenvalue weighted by molar-refractivity contribution is 5.98. The second-order valence-electron chi connectivity index (χ2n) is 4.97. The predicted molar refractivity (Wildman–Crippen MR) is 87.2 cm³/mol. The van der Waals surface area contributed by atoms with Gasteiger partial charge in [-0.25, -0.2) is 0 Å². The first-order chi connectivity index (χ1) is 11.3. The Bertz CT molecular complexity index is 702. The quantitative estimate of drug-likeness (QED) is 0.341. The number of hydrogen-bond acceptors (Lipinski definition) is 6. The maximum absolute atomic E-state index is 12.5. The molecular weight excluding hydrogens is 314 g/mol. The molecule has 1 aromatic rings. The number of nitrogens with zero attached hydrogens (tertiary/aromatic N) is 3. The van der Waals surface area contributed by atoms with Gasteiger partial charge in [0.05, 0.1) is 11.0 Å². The zero-order valence-electron chi connectivity index (χ0n) is 13.5. The zero-order chi connectivity index (χ0) is 18.3. The fraction of sp³-hybridized carbons (Fsp3) is 0.375. The molecule has 0 aromatic heterocycles. The number of amides is 1. The normalized spacial score (nSPS) is 11.0. The molecule has 0 aliphatic carbocycles. The summed E-state index contributed by atoms with van der Waals surface area (Å²) in [5, 5.41) is 38.8. The molecule has 0 bridgehead atoms. The maximum Gasteiger partial charge on any atom is 0.315 e. The van der Waals surface area contributed by atoms with E-state index in [1.165, 1.54) is 6.08 Å². The molecule has 0 radical (unpaired) electrons. The number of nitriles is 1. The molecule has 0 spiro atoms. The van der Waals surface area contributed by atoms with Crippen LogP contribution in [0.3, 0.4) is 0 Å². The molecule has 0 saturated carbocycles. The predicted octanol–water partition coefficient (Wildman–Crippen LogP) is 2.56. The van der Waals surface area contributed by atoms with Gasteiger partial charge in [-0.1, -0.05) is 0 Å². The molecule has 0 fully saturated rings. The summed E-state index contributed by atoms with van der Waals surface area (Å²) in [4.78, 5) is 24.1. The van der Waals surface area contributed by atoms with Crippen LogP contribution in [0.2, 0.25) is 0 Å². The number of phenolic OH excluding ortho intramolecular Hbond substituents is 2. The number of nitro benzene ring substituents is 1. The van der Waals surface area contributed by atoms with Crippen molar-refractivity contribution in [3.63, 3.8) is 0 Å². The number of nitro groups is 1. The van der Waals surface area contributed by atoms with Crippen LogP contribution in [0.5, 0.6) is 11.5 Å². The van der Waals surface area contributed by atoms with Gasteiger partial charge in [0.25, 0.3) is 0 Å². The highest BCUT2D eigenvalue weighted by atomic mass is 16.6. The van der Waals surface area contributed by atoms with Gasteiger partial charge in [0, 0.05) is 31.1 Å². The van der Waals surface area contributed by atoms with Gasteiger partial charge in [0.2, 0.25) is 11.7 Å². The Morgan fingerprint density at radius 3 is 2.50 bits per heavy atom. The summed E-state index contributed by atoms with van der Waals surface area (Å²) in [6.07, 6.45) is 1.69. The highest BCUT2D eigenvalue weighted by Gasteiger charge is 2.20. The van der Waals surface area contributed by atoms with E-state index in [1.807, 2.05) is 19.9 Å². The average Bonchev–Trinajstić information content (AvgIpc) is 2.55. The Kier molecular flexibility index (Phi) is 6.74. The van der Waals surface area contributed by atoms with E-state index in [1.54, 1.807) is 4.90 Å². The topological polar surface area (TPSA) is 128 Å². The van der Waals surface area contributed by atoms with Gasteiger partial charge in [-0.2, -0.15) is 5.26 Å². The molecule has 8 nitrogen and oxygen atoms in total. The van der Waals surface area contributed by atoms with Gasteiger partial charge in [0.15, 0.2) is 5.75 Å². The zero-order valence-corrected chi connectivity index (χ0v) is 13.5. The third-order valence-corrected chi connectivity index (χ3v) is 3.46. The van der Waals surface area contributed by atoms with Gasteiger partial charge >= 0.3 is 5.69 Å². The van der Waals surface area contributed by atoms with Gasteiger partial charge in [0.1, 0.15) is 0 Å². The highest BCUT2D eigenvalue weighted by Crippen LogP contribution is 2.36. The molecule has 2 N–H and O–H groups in total. The summed E-state index contributed by atoms with van der Waals surface area (Å²) in [5.74, 6) is -1.75. The monoisotopic (exact) mass is 333 g/mol. The Labute approximate surface area is 139 Å². The molecular formula is C16H19N3O5. The van der Waals surface area contributed by atoms with E-state index in [0.29, 0.717) is 18.7 Å². The van der Waals surface area contributed by atoms with Crippen LogP contribution in [0, 0.1) is 21.4 Å². The minimum Gasteiger partial charge on any atom is -0.504 e. The van der Waals surface area contributed by atoms with Crippen LogP contribution in [0.25, 0.3) is 6.08 Å². The van der Waals surface area contributed by atoms with Crippen molar-refractivity contribution in [2.45, 2.75) is 26.7 Å². The molecule has 0 unspecified atom stereocenters. The molecule has 1 aromatic carbocycles. The first-order valence-electron chi connectivity index (χ1n) is 7.42. The standard InChI is InChI=1S/C16H19N3O5/c1-3-18(4-2)16(22)12(6-5-7-17)8-11-9-13(19(23)24)15(21)14(20)10-11/h8-10,20-21H,3-6H2,1-2H3/b12-8+. The number of carbonyl (C=O) groups is 1. The molecule has 0 aliphatic rings. The Morgan fingerprint density at radius 2 is 2.00 bits per heavy atom. The SMILES string of the molecule is CCN(CC)C(=O)/C(=C/c1cc(O)c(O)c([N+](=O)[O-])c1)CCC#N. The molecule has 24 heavy (non-hydrogen) atoms. The third kappa shape index (κ3) is 4.46. The molecule has 1 rings (SSSR count). The van der Waals surface area contributed by atoms with Crippen LogP contribution in [-0.2, 0) is 4.79 Å². The number of rotatable bonds is 7. The fourth-order valence-corrected chi connectivity index (χ4v) is 2.19. The van der Waals surface area contributed by atoms with Crippen molar-refractivity contribution in [2.75, 3.05) is 13.1 Å². The number of carbonyl (C=O) groups excluding carboxylic acids is 1. The number of aromatic hydroxyl groups is 2. The van der Waals surface area contributed by atoms with E-state index >= 15 is 0 Å². The van der Waals surface area contributed by atoms with E-state index in [2.05, 4.69) is 0 Å². The molecule has 0 heterocycles. The lowest BCUT2D eigenvalue weighted by Gasteiger charge is -2.20. The van der Waals surface area contributed by atoms with Crippen LogP contribution >= 0.6 is 0 Å². The Morgan fingerprint density at radius 1 is 1.38 bits per heavy atom. The van der Waals surface area contributed by atoms with Crippen LogP contribution in [-0.4, -0.2) is 39.0 Å². The molecule has 8 heteroatoms. The second-order valence-corrected chi connectivity index (χ2v) is 4.97. The second kappa shape index (κ2) is 8.53. The van der Waals surface area contributed by atoms with E-state index in [9.17, 15) is 25.1 Å². The number of phenols is 2. The third-order valence-electron chi connectivity index (χ3n) is 3.46. The van der Waals surface area contributed by atoms with Crippen LogP contribution in [0.1, 0.15) is 32.3 Å². The van der Waals surface area contributed by atoms with Crippen molar-refractivity contribution >= 4 is 17.7 Å². The fourth-order valence-electron chi connectivity index (χ4n) is 2.19. The van der Waals surface area contributed by atoms with Crippen molar-refractivity contribution in [3.8, 4) is 17.6 Å². The summed E-state index contributed by atoms with van der Waals surface area (Å²) in [6, 6.07) is 4.15. The minimum atomic E-state index is -0.828. The summed E-state index contributed by atoms with van der Waals surface area (Å²) in [5.41, 5.74) is -0.152. The minimum absolute atomic E-state index is 0.116. The van der Waals surface area contributed by atoms with E-state index in [0.717, 1.165) is 12.1 Å². The summed E-state index contributed by atoms with van der Waals surface area (Å²) in [6.45, 7) is 4.61. The average molecular weight is 333 g/mol. The van der Waals surface area contributed by atoms with Gasteiger partial charge < -0.3 is 15.1 Å². The van der Waals surface area contributed by atoms with Crippen molar-refractivity contribution in [1.82, 2.24) is 4.90 Å².